The summed E-state index contributed by atoms with van der Waals surface area (Å²) in [4.78, 5) is 11.8. The Morgan fingerprint density at radius 3 is 2.62 bits per heavy atom. The highest BCUT2D eigenvalue weighted by Crippen LogP contribution is 2.18. The molecule has 0 aliphatic rings. The molecule has 1 amide bonds. The summed E-state index contributed by atoms with van der Waals surface area (Å²) in [7, 11) is 1.91. The van der Waals surface area contributed by atoms with E-state index in [0.717, 1.165) is 11.3 Å². The molecular formula is C17H20N2O2. The van der Waals surface area contributed by atoms with Crippen LogP contribution in [0.25, 0.3) is 0 Å². The van der Waals surface area contributed by atoms with Crippen LogP contribution in [0, 0.1) is 0 Å². The van der Waals surface area contributed by atoms with Crippen LogP contribution in [-0.4, -0.2) is 19.6 Å². The van der Waals surface area contributed by atoms with Crippen LogP contribution in [0.3, 0.4) is 0 Å². The van der Waals surface area contributed by atoms with Gasteiger partial charge in [0.2, 0.25) is 0 Å². The lowest BCUT2D eigenvalue weighted by Crippen LogP contribution is -2.20. The zero-order valence-corrected chi connectivity index (χ0v) is 12.3. The van der Waals surface area contributed by atoms with Crippen LogP contribution >= 0.6 is 0 Å². The maximum Gasteiger partial charge on any atom is 0.262 e. The van der Waals surface area contributed by atoms with Gasteiger partial charge in [0.05, 0.1) is 0 Å². The standard InChI is InChI=1S/C17H20N2O2/c1-13(18-2)14-7-6-10-16(11-14)21-12-17(20)19-15-8-4-3-5-9-15/h3-11,13,18H,12H2,1-2H3,(H,19,20). The number of nitrogens with one attached hydrogen (secondary N) is 2. The van der Waals surface area contributed by atoms with E-state index < -0.39 is 0 Å². The number of rotatable bonds is 6. The fraction of sp³-hybridized carbons (Fsp3) is 0.235. The fourth-order valence-corrected chi connectivity index (χ4v) is 1.91. The van der Waals surface area contributed by atoms with Crippen molar-refractivity contribution in [2.45, 2.75) is 13.0 Å². The third-order valence-electron chi connectivity index (χ3n) is 3.22. The first-order chi connectivity index (χ1) is 10.2. The van der Waals surface area contributed by atoms with E-state index >= 15 is 0 Å². The van der Waals surface area contributed by atoms with E-state index in [1.807, 2.05) is 61.6 Å². The minimum Gasteiger partial charge on any atom is -0.484 e. The Kier molecular flexibility index (Phi) is 5.35. The van der Waals surface area contributed by atoms with E-state index in [1.54, 1.807) is 0 Å². The fourth-order valence-electron chi connectivity index (χ4n) is 1.91. The molecule has 2 rings (SSSR count). The van der Waals surface area contributed by atoms with E-state index in [-0.39, 0.29) is 18.6 Å². The van der Waals surface area contributed by atoms with Crippen molar-refractivity contribution in [1.29, 1.82) is 0 Å². The third kappa shape index (κ3) is 4.61. The number of carbonyl (C=O) groups is 1. The molecule has 0 aliphatic heterocycles. The summed E-state index contributed by atoms with van der Waals surface area (Å²) in [6.45, 7) is 2.06. The monoisotopic (exact) mass is 284 g/mol. The zero-order valence-electron chi connectivity index (χ0n) is 12.3. The second-order valence-corrected chi connectivity index (χ2v) is 4.79. The first kappa shape index (κ1) is 15.1. The minimum atomic E-state index is -0.173. The van der Waals surface area contributed by atoms with E-state index in [1.165, 1.54) is 0 Å². The van der Waals surface area contributed by atoms with Gasteiger partial charge in [-0.15, -0.1) is 0 Å². The Morgan fingerprint density at radius 2 is 1.90 bits per heavy atom. The van der Waals surface area contributed by atoms with Crippen molar-refractivity contribution in [3.8, 4) is 5.75 Å². The van der Waals surface area contributed by atoms with Gasteiger partial charge in [-0.1, -0.05) is 30.3 Å². The Hall–Kier alpha value is -2.33. The minimum absolute atomic E-state index is 0.00766. The predicted octanol–water partition coefficient (Wildman–Crippen LogP) is 2.98. The van der Waals surface area contributed by atoms with Gasteiger partial charge in [-0.05, 0) is 43.8 Å². The first-order valence-electron chi connectivity index (χ1n) is 6.94. The van der Waals surface area contributed by atoms with Crippen LogP contribution in [0.4, 0.5) is 5.69 Å². The lowest BCUT2D eigenvalue weighted by atomic mass is 10.1. The molecule has 0 bridgehead atoms. The summed E-state index contributed by atoms with van der Waals surface area (Å²) >= 11 is 0. The Labute approximate surface area is 125 Å². The summed E-state index contributed by atoms with van der Waals surface area (Å²) in [6, 6.07) is 17.3. The molecule has 0 aliphatic carbocycles. The molecule has 0 saturated heterocycles. The van der Waals surface area contributed by atoms with Gasteiger partial charge in [-0.3, -0.25) is 4.79 Å². The molecule has 2 aromatic carbocycles. The number of ether oxygens (including phenoxy) is 1. The van der Waals surface area contributed by atoms with Crippen molar-refractivity contribution in [3.05, 3.63) is 60.2 Å². The highest BCUT2D eigenvalue weighted by molar-refractivity contribution is 5.91. The van der Waals surface area contributed by atoms with E-state index in [4.69, 9.17) is 4.74 Å². The van der Waals surface area contributed by atoms with Crippen LogP contribution in [0.2, 0.25) is 0 Å². The summed E-state index contributed by atoms with van der Waals surface area (Å²) < 4.78 is 5.54. The number of hydrogen-bond donors (Lipinski definition) is 2. The lowest BCUT2D eigenvalue weighted by Gasteiger charge is -2.12. The predicted molar refractivity (Wildman–Crippen MR) is 84.5 cm³/mol. The zero-order chi connectivity index (χ0) is 15.1. The number of hydrogen-bond acceptors (Lipinski definition) is 3. The molecule has 0 spiro atoms. The van der Waals surface area contributed by atoms with Gasteiger partial charge < -0.3 is 15.4 Å². The van der Waals surface area contributed by atoms with Crippen molar-refractivity contribution in [2.24, 2.45) is 0 Å². The number of benzene rings is 2. The van der Waals surface area contributed by atoms with Gasteiger partial charge in [0.25, 0.3) is 5.91 Å². The topological polar surface area (TPSA) is 50.4 Å². The molecule has 2 N–H and O–H groups in total. The summed E-state index contributed by atoms with van der Waals surface area (Å²) in [5, 5.41) is 5.96. The van der Waals surface area contributed by atoms with Gasteiger partial charge in [0, 0.05) is 11.7 Å². The van der Waals surface area contributed by atoms with Crippen molar-refractivity contribution < 1.29 is 9.53 Å². The van der Waals surface area contributed by atoms with Crippen LogP contribution in [0.1, 0.15) is 18.5 Å². The Bertz CT molecular complexity index is 584. The van der Waals surface area contributed by atoms with Crippen molar-refractivity contribution in [1.82, 2.24) is 5.32 Å². The molecule has 1 atom stereocenters. The Morgan fingerprint density at radius 1 is 1.14 bits per heavy atom. The largest absolute Gasteiger partial charge is 0.484 e. The van der Waals surface area contributed by atoms with Crippen LogP contribution in [-0.2, 0) is 4.79 Å². The van der Waals surface area contributed by atoms with Crippen molar-refractivity contribution in [3.63, 3.8) is 0 Å². The van der Waals surface area contributed by atoms with Crippen LogP contribution in [0.15, 0.2) is 54.6 Å². The Balaban J connectivity index is 1.89. The smallest absolute Gasteiger partial charge is 0.262 e. The van der Waals surface area contributed by atoms with E-state index in [2.05, 4.69) is 17.6 Å². The molecule has 21 heavy (non-hydrogen) atoms. The summed E-state index contributed by atoms with van der Waals surface area (Å²) in [5.74, 6) is 0.520. The molecular weight excluding hydrogens is 264 g/mol. The van der Waals surface area contributed by atoms with E-state index in [0.29, 0.717) is 5.75 Å². The van der Waals surface area contributed by atoms with Crippen molar-refractivity contribution >= 4 is 11.6 Å². The van der Waals surface area contributed by atoms with Gasteiger partial charge in [-0.25, -0.2) is 0 Å². The lowest BCUT2D eigenvalue weighted by molar-refractivity contribution is -0.118. The van der Waals surface area contributed by atoms with Gasteiger partial charge >= 0.3 is 0 Å². The SMILES string of the molecule is CNC(C)c1cccc(OCC(=O)Nc2ccccc2)c1. The maximum atomic E-state index is 11.8. The van der Waals surface area contributed by atoms with Crippen LogP contribution < -0.4 is 15.4 Å². The van der Waals surface area contributed by atoms with Gasteiger partial charge in [-0.2, -0.15) is 0 Å². The number of carbonyl (C=O) groups excluding carboxylic acids is 1. The number of anilines is 1. The molecule has 0 heterocycles. The molecule has 0 fully saturated rings. The normalized spacial score (nSPS) is 11.7. The molecule has 0 radical (unpaired) electrons. The first-order valence-corrected chi connectivity index (χ1v) is 6.94. The highest BCUT2D eigenvalue weighted by atomic mass is 16.5. The van der Waals surface area contributed by atoms with Gasteiger partial charge in [0.15, 0.2) is 6.61 Å². The summed E-state index contributed by atoms with van der Waals surface area (Å²) in [6.07, 6.45) is 0. The average molecular weight is 284 g/mol. The summed E-state index contributed by atoms with van der Waals surface area (Å²) in [5.41, 5.74) is 1.89. The van der Waals surface area contributed by atoms with Gasteiger partial charge in [0.1, 0.15) is 5.75 Å². The maximum absolute atomic E-state index is 11.8. The second kappa shape index (κ2) is 7.45. The second-order valence-electron chi connectivity index (χ2n) is 4.79. The quantitative estimate of drug-likeness (QED) is 0.857. The van der Waals surface area contributed by atoms with Crippen LogP contribution in [0.5, 0.6) is 5.75 Å². The number of para-hydroxylation sites is 1. The molecule has 1 unspecified atom stereocenters. The third-order valence-corrected chi connectivity index (χ3v) is 3.22. The molecule has 4 heteroatoms. The van der Waals surface area contributed by atoms with E-state index in [9.17, 15) is 4.79 Å². The number of amides is 1. The molecule has 110 valence electrons. The highest BCUT2D eigenvalue weighted by Gasteiger charge is 2.06. The molecule has 0 saturated carbocycles. The molecule has 4 nitrogen and oxygen atoms in total. The molecule has 2 aromatic rings. The molecule has 0 aromatic heterocycles. The van der Waals surface area contributed by atoms with Crippen molar-refractivity contribution in [2.75, 3.05) is 19.0 Å². The average Bonchev–Trinajstić information content (AvgIpc) is 2.53.